The zero-order valence-corrected chi connectivity index (χ0v) is 17.7. The average molecular weight is 413 g/mol. The van der Waals surface area contributed by atoms with E-state index in [9.17, 15) is 22.8 Å². The summed E-state index contributed by atoms with van der Waals surface area (Å²) in [5.41, 5.74) is 0.109. The second kappa shape index (κ2) is 10.3. The van der Waals surface area contributed by atoms with Crippen molar-refractivity contribution in [2.24, 2.45) is 5.92 Å². The van der Waals surface area contributed by atoms with E-state index in [4.69, 9.17) is 4.74 Å². The maximum absolute atomic E-state index is 12.6. The number of amides is 1. The number of rotatable bonds is 10. The van der Waals surface area contributed by atoms with Crippen molar-refractivity contribution in [1.29, 1.82) is 0 Å². The Kier molecular flexibility index (Phi) is 8.77. The third-order valence-corrected chi connectivity index (χ3v) is 6.11. The molecule has 0 fully saturated rings. The van der Waals surface area contributed by atoms with E-state index in [0.717, 1.165) is 0 Å². The molecule has 1 atom stereocenters. The SMILES string of the molecule is CCN(CC)S(=O)(=O)c1cccc(C(=O)N[C@H](C(=O)OCC(C)=O)C(C)C)c1. The Bertz CT molecular complexity index is 815. The Hall–Kier alpha value is -2.26. The summed E-state index contributed by atoms with van der Waals surface area (Å²) in [5, 5.41) is 2.56. The molecule has 0 saturated carbocycles. The summed E-state index contributed by atoms with van der Waals surface area (Å²) in [6.07, 6.45) is 0. The molecule has 0 heterocycles. The number of hydrogen-bond acceptors (Lipinski definition) is 6. The molecule has 1 aromatic carbocycles. The molecule has 0 aliphatic carbocycles. The quantitative estimate of drug-likeness (QED) is 0.585. The van der Waals surface area contributed by atoms with Gasteiger partial charge in [0.2, 0.25) is 10.0 Å². The summed E-state index contributed by atoms with van der Waals surface area (Å²) in [6.45, 7) is 8.46. The number of ketones is 1. The first kappa shape index (κ1) is 23.8. The minimum Gasteiger partial charge on any atom is -0.456 e. The van der Waals surface area contributed by atoms with Crippen LogP contribution in [0.4, 0.5) is 0 Å². The molecule has 1 aromatic rings. The van der Waals surface area contributed by atoms with Crippen LogP contribution in [0.2, 0.25) is 0 Å². The maximum atomic E-state index is 12.6. The number of carbonyl (C=O) groups is 3. The van der Waals surface area contributed by atoms with Crippen LogP contribution in [0.15, 0.2) is 29.2 Å². The lowest BCUT2D eigenvalue weighted by molar-refractivity contribution is -0.150. The van der Waals surface area contributed by atoms with E-state index in [1.807, 2.05) is 0 Å². The van der Waals surface area contributed by atoms with E-state index >= 15 is 0 Å². The number of sulfonamides is 1. The zero-order valence-electron chi connectivity index (χ0n) is 16.9. The van der Waals surface area contributed by atoms with E-state index in [-0.39, 0.29) is 28.8 Å². The molecule has 0 saturated heterocycles. The molecule has 0 unspecified atom stereocenters. The number of benzene rings is 1. The van der Waals surface area contributed by atoms with E-state index < -0.39 is 27.9 Å². The van der Waals surface area contributed by atoms with Crippen molar-refractivity contribution in [3.63, 3.8) is 0 Å². The first-order valence-corrected chi connectivity index (χ1v) is 10.6. The predicted molar refractivity (Wildman–Crippen MR) is 104 cm³/mol. The van der Waals surface area contributed by atoms with Crippen molar-refractivity contribution < 1.29 is 27.5 Å². The van der Waals surface area contributed by atoms with Gasteiger partial charge in [0, 0.05) is 18.7 Å². The second-order valence-corrected chi connectivity index (χ2v) is 8.56. The van der Waals surface area contributed by atoms with Crippen LogP contribution >= 0.6 is 0 Å². The van der Waals surface area contributed by atoms with E-state index in [1.165, 1.54) is 35.5 Å². The maximum Gasteiger partial charge on any atom is 0.329 e. The highest BCUT2D eigenvalue weighted by Crippen LogP contribution is 2.17. The number of nitrogens with one attached hydrogen (secondary N) is 1. The molecule has 0 bridgehead atoms. The molecule has 1 rings (SSSR count). The second-order valence-electron chi connectivity index (χ2n) is 6.62. The number of nitrogens with zero attached hydrogens (tertiary/aromatic N) is 1. The van der Waals surface area contributed by atoms with Gasteiger partial charge in [0.1, 0.15) is 12.6 Å². The van der Waals surface area contributed by atoms with Gasteiger partial charge in [-0.1, -0.05) is 33.8 Å². The molecule has 0 spiro atoms. The van der Waals surface area contributed by atoms with Crippen molar-refractivity contribution in [3.8, 4) is 0 Å². The van der Waals surface area contributed by atoms with Gasteiger partial charge >= 0.3 is 5.97 Å². The van der Waals surface area contributed by atoms with Crippen LogP contribution < -0.4 is 5.32 Å². The molecule has 156 valence electrons. The first-order valence-electron chi connectivity index (χ1n) is 9.11. The van der Waals surface area contributed by atoms with Gasteiger partial charge in [0.25, 0.3) is 5.91 Å². The average Bonchev–Trinajstić information content (AvgIpc) is 2.64. The molecule has 1 amide bonds. The van der Waals surface area contributed by atoms with Crippen LogP contribution in [0.1, 0.15) is 45.0 Å². The molecular weight excluding hydrogens is 384 g/mol. The van der Waals surface area contributed by atoms with Crippen LogP contribution in [0.25, 0.3) is 0 Å². The highest BCUT2D eigenvalue weighted by molar-refractivity contribution is 7.89. The molecule has 9 heteroatoms. The zero-order chi connectivity index (χ0) is 21.5. The summed E-state index contributed by atoms with van der Waals surface area (Å²) < 4.78 is 31.5. The fraction of sp³-hybridized carbons (Fsp3) is 0.526. The number of esters is 1. The summed E-state index contributed by atoms with van der Waals surface area (Å²) in [7, 11) is -3.71. The van der Waals surface area contributed by atoms with E-state index in [2.05, 4.69) is 5.32 Å². The van der Waals surface area contributed by atoms with Gasteiger partial charge < -0.3 is 10.1 Å². The lowest BCUT2D eigenvalue weighted by Crippen LogP contribution is -2.45. The lowest BCUT2D eigenvalue weighted by Gasteiger charge is -2.21. The normalized spacial score (nSPS) is 12.7. The monoisotopic (exact) mass is 412 g/mol. The highest BCUT2D eigenvalue weighted by Gasteiger charge is 2.27. The van der Waals surface area contributed by atoms with Crippen molar-refractivity contribution in [1.82, 2.24) is 9.62 Å². The minimum atomic E-state index is -3.71. The van der Waals surface area contributed by atoms with Crippen LogP contribution in [-0.4, -0.2) is 56.1 Å². The van der Waals surface area contributed by atoms with Crippen molar-refractivity contribution in [2.75, 3.05) is 19.7 Å². The molecule has 28 heavy (non-hydrogen) atoms. The standard InChI is InChI=1S/C19H28N2O6S/c1-6-21(7-2)28(25,26)16-10-8-9-15(11-16)18(23)20-17(13(3)4)19(24)27-12-14(5)22/h8-11,13,17H,6-7,12H2,1-5H3,(H,20,23)/t17-/m0/s1. The minimum absolute atomic E-state index is 0.00380. The van der Waals surface area contributed by atoms with E-state index in [0.29, 0.717) is 13.1 Å². The van der Waals surface area contributed by atoms with Crippen LogP contribution in [0.3, 0.4) is 0 Å². The molecule has 0 aliphatic rings. The third-order valence-electron chi connectivity index (χ3n) is 4.06. The number of ether oxygens (including phenoxy) is 1. The number of hydrogen-bond donors (Lipinski definition) is 1. The van der Waals surface area contributed by atoms with Crippen LogP contribution in [0, 0.1) is 5.92 Å². The van der Waals surface area contributed by atoms with Crippen molar-refractivity contribution in [3.05, 3.63) is 29.8 Å². The molecule has 8 nitrogen and oxygen atoms in total. The largest absolute Gasteiger partial charge is 0.456 e. The Morgan fingerprint density at radius 3 is 2.25 bits per heavy atom. The molecule has 0 radical (unpaired) electrons. The fourth-order valence-electron chi connectivity index (χ4n) is 2.50. The molecule has 0 aliphatic heterocycles. The van der Waals surface area contributed by atoms with Gasteiger partial charge in [0.15, 0.2) is 5.78 Å². The summed E-state index contributed by atoms with van der Waals surface area (Å²) >= 11 is 0. The van der Waals surface area contributed by atoms with Gasteiger partial charge in [-0.05, 0) is 31.0 Å². The number of carbonyl (C=O) groups excluding carboxylic acids is 3. The Labute approximate surface area is 166 Å². The lowest BCUT2D eigenvalue weighted by atomic mass is 10.0. The smallest absolute Gasteiger partial charge is 0.329 e. The summed E-state index contributed by atoms with van der Waals surface area (Å²) in [6, 6.07) is 4.68. The van der Waals surface area contributed by atoms with Gasteiger partial charge in [-0.15, -0.1) is 0 Å². The third kappa shape index (κ3) is 6.13. The van der Waals surface area contributed by atoms with Crippen LogP contribution in [0.5, 0.6) is 0 Å². The van der Waals surface area contributed by atoms with Crippen molar-refractivity contribution in [2.45, 2.75) is 45.6 Å². The molecule has 1 N–H and O–H groups in total. The van der Waals surface area contributed by atoms with Crippen molar-refractivity contribution >= 4 is 27.7 Å². The van der Waals surface area contributed by atoms with Crippen LogP contribution in [-0.2, 0) is 24.3 Å². The Balaban J connectivity index is 3.06. The fourth-order valence-corrected chi connectivity index (χ4v) is 4.00. The highest BCUT2D eigenvalue weighted by atomic mass is 32.2. The molecule has 0 aromatic heterocycles. The Morgan fingerprint density at radius 1 is 1.14 bits per heavy atom. The van der Waals surface area contributed by atoms with Gasteiger partial charge in [-0.2, -0.15) is 4.31 Å². The molecular formula is C19H28N2O6S. The number of Topliss-reactive ketones (excluding diaryl/α,β-unsaturated/α-hetero) is 1. The summed E-state index contributed by atoms with van der Waals surface area (Å²) in [5.74, 6) is -1.91. The Morgan fingerprint density at radius 2 is 1.75 bits per heavy atom. The first-order chi connectivity index (χ1) is 13.0. The van der Waals surface area contributed by atoms with E-state index in [1.54, 1.807) is 27.7 Å². The van der Waals surface area contributed by atoms with Gasteiger partial charge in [0.05, 0.1) is 4.90 Å². The topological polar surface area (TPSA) is 110 Å². The predicted octanol–water partition coefficient (Wildman–Crippen LogP) is 1.60. The van der Waals surface area contributed by atoms with Gasteiger partial charge in [-0.25, -0.2) is 13.2 Å². The van der Waals surface area contributed by atoms with Gasteiger partial charge in [-0.3, -0.25) is 9.59 Å². The summed E-state index contributed by atoms with van der Waals surface area (Å²) in [4.78, 5) is 35.8.